The molecule has 1 aromatic heterocycles. The zero-order chi connectivity index (χ0) is 13.7. The number of nitrogens with zero attached hydrogens (tertiary/aromatic N) is 2. The maximum atomic E-state index is 6.14. The van der Waals surface area contributed by atoms with Crippen molar-refractivity contribution >= 4 is 17.3 Å². The second-order valence-corrected chi connectivity index (χ2v) is 5.76. The zero-order valence-electron chi connectivity index (χ0n) is 11.7. The Bertz CT molecular complexity index is 433. The molecule has 1 fully saturated rings. The molecule has 0 spiro atoms. The Morgan fingerprint density at radius 2 is 2.21 bits per heavy atom. The molecule has 1 aliphatic rings. The van der Waals surface area contributed by atoms with Crippen molar-refractivity contribution in [2.24, 2.45) is 0 Å². The van der Waals surface area contributed by atoms with Crippen LogP contribution in [-0.4, -0.2) is 35.6 Å². The standard InChI is InChI=1S/C15H22ClN3/c1-12(2)4-8-19-9-5-13(6-10-19)18-15-11-17-7-3-14(15)16/h3-4,7,11,13,18H,5-6,8-10H2,1-2H3. The van der Waals surface area contributed by atoms with E-state index in [1.165, 1.54) is 5.57 Å². The van der Waals surface area contributed by atoms with Crippen molar-refractivity contribution in [3.8, 4) is 0 Å². The van der Waals surface area contributed by atoms with Crippen molar-refractivity contribution in [1.29, 1.82) is 0 Å². The first kappa shape index (κ1) is 14.4. The Morgan fingerprint density at radius 3 is 2.84 bits per heavy atom. The van der Waals surface area contributed by atoms with Crippen LogP contribution in [0.1, 0.15) is 26.7 Å². The minimum atomic E-state index is 0.504. The monoisotopic (exact) mass is 279 g/mol. The van der Waals surface area contributed by atoms with Gasteiger partial charge in [-0.1, -0.05) is 23.3 Å². The number of piperidine rings is 1. The highest BCUT2D eigenvalue weighted by Crippen LogP contribution is 2.23. The van der Waals surface area contributed by atoms with Crippen LogP contribution in [0.2, 0.25) is 5.02 Å². The van der Waals surface area contributed by atoms with Gasteiger partial charge in [-0.2, -0.15) is 0 Å². The number of anilines is 1. The predicted octanol–water partition coefficient (Wildman–Crippen LogP) is 3.58. The van der Waals surface area contributed by atoms with Gasteiger partial charge >= 0.3 is 0 Å². The summed E-state index contributed by atoms with van der Waals surface area (Å²) in [5.41, 5.74) is 2.34. The van der Waals surface area contributed by atoms with Gasteiger partial charge in [-0.3, -0.25) is 9.88 Å². The van der Waals surface area contributed by atoms with Gasteiger partial charge in [0.1, 0.15) is 0 Å². The van der Waals surface area contributed by atoms with Crippen LogP contribution in [0.25, 0.3) is 0 Å². The molecule has 1 aliphatic heterocycles. The quantitative estimate of drug-likeness (QED) is 0.854. The van der Waals surface area contributed by atoms with Crippen molar-refractivity contribution in [3.05, 3.63) is 35.1 Å². The number of pyridine rings is 1. The third-order valence-electron chi connectivity index (χ3n) is 3.47. The van der Waals surface area contributed by atoms with E-state index in [-0.39, 0.29) is 0 Å². The summed E-state index contributed by atoms with van der Waals surface area (Å²) >= 11 is 6.14. The summed E-state index contributed by atoms with van der Waals surface area (Å²) in [5.74, 6) is 0. The van der Waals surface area contributed by atoms with Crippen LogP contribution in [0.3, 0.4) is 0 Å². The van der Waals surface area contributed by atoms with Gasteiger partial charge in [-0.15, -0.1) is 0 Å². The Labute approximate surface area is 120 Å². The van der Waals surface area contributed by atoms with Gasteiger partial charge in [0.25, 0.3) is 0 Å². The highest BCUT2D eigenvalue weighted by Gasteiger charge is 2.18. The number of nitrogens with one attached hydrogen (secondary N) is 1. The van der Waals surface area contributed by atoms with E-state index in [9.17, 15) is 0 Å². The maximum absolute atomic E-state index is 6.14. The van der Waals surface area contributed by atoms with Crippen molar-refractivity contribution in [3.63, 3.8) is 0 Å². The van der Waals surface area contributed by atoms with Gasteiger partial charge in [0.05, 0.1) is 16.9 Å². The van der Waals surface area contributed by atoms with E-state index in [2.05, 4.69) is 35.1 Å². The fourth-order valence-electron chi connectivity index (χ4n) is 2.28. The molecule has 4 heteroatoms. The summed E-state index contributed by atoms with van der Waals surface area (Å²) in [6.07, 6.45) is 8.13. The van der Waals surface area contributed by atoms with Crippen LogP contribution in [0.5, 0.6) is 0 Å². The highest BCUT2D eigenvalue weighted by atomic mass is 35.5. The van der Waals surface area contributed by atoms with E-state index in [0.717, 1.165) is 43.2 Å². The summed E-state index contributed by atoms with van der Waals surface area (Å²) in [7, 11) is 0. The van der Waals surface area contributed by atoms with Gasteiger partial charge in [-0.05, 0) is 32.8 Å². The van der Waals surface area contributed by atoms with Crippen molar-refractivity contribution < 1.29 is 0 Å². The Hall–Kier alpha value is -1.06. The van der Waals surface area contributed by atoms with Gasteiger partial charge in [0, 0.05) is 31.9 Å². The summed E-state index contributed by atoms with van der Waals surface area (Å²) < 4.78 is 0. The second-order valence-electron chi connectivity index (χ2n) is 5.36. The van der Waals surface area contributed by atoms with E-state index in [4.69, 9.17) is 11.6 Å². The number of likely N-dealkylation sites (tertiary alicyclic amines) is 1. The van der Waals surface area contributed by atoms with E-state index in [1.807, 2.05) is 6.07 Å². The molecule has 0 unspecified atom stereocenters. The zero-order valence-corrected chi connectivity index (χ0v) is 12.5. The third-order valence-corrected chi connectivity index (χ3v) is 3.80. The van der Waals surface area contributed by atoms with E-state index >= 15 is 0 Å². The number of halogens is 1. The highest BCUT2D eigenvalue weighted by molar-refractivity contribution is 6.33. The van der Waals surface area contributed by atoms with Gasteiger partial charge in [0.15, 0.2) is 0 Å². The van der Waals surface area contributed by atoms with Gasteiger partial charge in [0.2, 0.25) is 0 Å². The number of hydrogen-bond acceptors (Lipinski definition) is 3. The van der Waals surface area contributed by atoms with Crippen molar-refractivity contribution in [1.82, 2.24) is 9.88 Å². The molecular formula is C15H22ClN3. The normalized spacial score (nSPS) is 17.2. The van der Waals surface area contributed by atoms with Gasteiger partial charge in [-0.25, -0.2) is 0 Å². The molecule has 1 aromatic rings. The number of rotatable bonds is 4. The second kappa shape index (κ2) is 6.92. The summed E-state index contributed by atoms with van der Waals surface area (Å²) in [6.45, 7) is 7.65. The molecule has 0 radical (unpaired) electrons. The molecule has 0 atom stereocenters. The lowest BCUT2D eigenvalue weighted by Crippen LogP contribution is -2.39. The molecule has 1 saturated heterocycles. The molecule has 1 N–H and O–H groups in total. The molecule has 0 aliphatic carbocycles. The fourth-order valence-corrected chi connectivity index (χ4v) is 2.43. The van der Waals surface area contributed by atoms with Crippen LogP contribution in [-0.2, 0) is 0 Å². The molecular weight excluding hydrogens is 258 g/mol. The SMILES string of the molecule is CC(C)=CCN1CCC(Nc2cnccc2Cl)CC1. The van der Waals surface area contributed by atoms with Crippen molar-refractivity contribution in [2.45, 2.75) is 32.7 Å². The number of hydrogen-bond donors (Lipinski definition) is 1. The average Bonchev–Trinajstić information content (AvgIpc) is 2.40. The lowest BCUT2D eigenvalue weighted by atomic mass is 10.0. The van der Waals surface area contributed by atoms with Crippen LogP contribution < -0.4 is 5.32 Å². The molecule has 0 bridgehead atoms. The van der Waals surface area contributed by atoms with Gasteiger partial charge < -0.3 is 5.32 Å². The first-order chi connectivity index (χ1) is 9.15. The fraction of sp³-hybridized carbons (Fsp3) is 0.533. The minimum Gasteiger partial charge on any atom is -0.380 e. The topological polar surface area (TPSA) is 28.2 Å². The summed E-state index contributed by atoms with van der Waals surface area (Å²) in [6, 6.07) is 2.33. The predicted molar refractivity (Wildman–Crippen MR) is 81.8 cm³/mol. The molecule has 0 saturated carbocycles. The Balaban J connectivity index is 1.81. The van der Waals surface area contributed by atoms with E-state index in [0.29, 0.717) is 6.04 Å². The van der Waals surface area contributed by atoms with E-state index < -0.39 is 0 Å². The minimum absolute atomic E-state index is 0.504. The molecule has 0 amide bonds. The Morgan fingerprint density at radius 1 is 1.47 bits per heavy atom. The molecule has 104 valence electrons. The van der Waals surface area contributed by atoms with Crippen LogP contribution in [0.15, 0.2) is 30.1 Å². The molecule has 0 aromatic carbocycles. The lowest BCUT2D eigenvalue weighted by Gasteiger charge is -2.32. The Kier molecular flexibility index (Phi) is 5.23. The molecule has 3 nitrogen and oxygen atoms in total. The first-order valence-corrected chi connectivity index (χ1v) is 7.24. The molecule has 2 rings (SSSR count). The molecule has 19 heavy (non-hydrogen) atoms. The van der Waals surface area contributed by atoms with Crippen LogP contribution in [0.4, 0.5) is 5.69 Å². The largest absolute Gasteiger partial charge is 0.380 e. The van der Waals surface area contributed by atoms with E-state index in [1.54, 1.807) is 12.4 Å². The smallest absolute Gasteiger partial charge is 0.0718 e. The number of allylic oxidation sites excluding steroid dienone is 1. The average molecular weight is 280 g/mol. The van der Waals surface area contributed by atoms with Crippen LogP contribution >= 0.6 is 11.6 Å². The maximum Gasteiger partial charge on any atom is 0.0718 e. The number of aromatic nitrogens is 1. The third kappa shape index (κ3) is 4.51. The summed E-state index contributed by atoms with van der Waals surface area (Å²) in [4.78, 5) is 6.61. The molecule has 2 heterocycles. The first-order valence-electron chi connectivity index (χ1n) is 6.87. The summed E-state index contributed by atoms with van der Waals surface area (Å²) in [5, 5.41) is 4.25. The van der Waals surface area contributed by atoms with Crippen LogP contribution in [0, 0.1) is 0 Å². The van der Waals surface area contributed by atoms with Crippen molar-refractivity contribution in [2.75, 3.05) is 25.0 Å². The lowest BCUT2D eigenvalue weighted by molar-refractivity contribution is 0.240.